The summed E-state index contributed by atoms with van der Waals surface area (Å²) in [5.74, 6) is 0.649. The maximum absolute atomic E-state index is 12.2. The van der Waals surface area contributed by atoms with E-state index in [9.17, 15) is 4.79 Å². The molecule has 0 aromatic rings. The van der Waals surface area contributed by atoms with Crippen LogP contribution in [0.15, 0.2) is 0 Å². The fourth-order valence-electron chi connectivity index (χ4n) is 2.75. The Morgan fingerprint density at radius 1 is 1.12 bits per heavy atom. The van der Waals surface area contributed by atoms with Gasteiger partial charge in [0.15, 0.2) is 0 Å². The summed E-state index contributed by atoms with van der Waals surface area (Å²) in [7, 11) is 0. The first-order valence-corrected chi connectivity index (χ1v) is 6.46. The van der Waals surface area contributed by atoms with Gasteiger partial charge in [0.05, 0.1) is 0 Å². The minimum absolute atomic E-state index is 0.180. The van der Waals surface area contributed by atoms with Crippen molar-refractivity contribution in [1.29, 1.82) is 0 Å². The van der Waals surface area contributed by atoms with Crippen LogP contribution in [-0.4, -0.2) is 48.1 Å². The fourth-order valence-corrected chi connectivity index (χ4v) is 2.75. The Kier molecular flexibility index (Phi) is 3.69. The molecule has 16 heavy (non-hydrogen) atoms. The number of nitrogens with two attached hydrogens (primary N) is 1. The molecule has 2 N–H and O–H groups in total. The van der Waals surface area contributed by atoms with E-state index in [1.54, 1.807) is 0 Å². The molecule has 1 unspecified atom stereocenters. The third-order valence-electron chi connectivity index (χ3n) is 3.66. The highest BCUT2D eigenvalue weighted by atomic mass is 16.2. The van der Waals surface area contributed by atoms with Crippen molar-refractivity contribution in [3.05, 3.63) is 0 Å². The van der Waals surface area contributed by atoms with Crippen LogP contribution in [0.25, 0.3) is 0 Å². The van der Waals surface area contributed by atoms with Crippen molar-refractivity contribution in [3.63, 3.8) is 0 Å². The van der Waals surface area contributed by atoms with Gasteiger partial charge in [0.2, 0.25) is 0 Å². The molecule has 92 valence electrons. The number of carbonyl (C=O) groups excluding carboxylic acids is 1. The zero-order chi connectivity index (χ0) is 11.5. The first kappa shape index (κ1) is 11.7. The lowest BCUT2D eigenvalue weighted by Gasteiger charge is -2.38. The molecule has 2 saturated heterocycles. The van der Waals surface area contributed by atoms with Gasteiger partial charge < -0.3 is 15.5 Å². The monoisotopic (exact) mass is 225 g/mol. The van der Waals surface area contributed by atoms with E-state index in [0.29, 0.717) is 5.92 Å². The summed E-state index contributed by atoms with van der Waals surface area (Å²) < 4.78 is 0. The van der Waals surface area contributed by atoms with E-state index >= 15 is 0 Å². The molecular weight excluding hydrogens is 202 g/mol. The highest BCUT2D eigenvalue weighted by molar-refractivity contribution is 5.74. The number of hydrogen-bond donors (Lipinski definition) is 1. The number of urea groups is 1. The molecule has 4 nitrogen and oxygen atoms in total. The van der Waals surface area contributed by atoms with Crippen molar-refractivity contribution >= 4 is 6.03 Å². The maximum Gasteiger partial charge on any atom is 0.320 e. The van der Waals surface area contributed by atoms with Gasteiger partial charge in [0, 0.05) is 32.2 Å². The number of carbonyl (C=O) groups is 1. The lowest BCUT2D eigenvalue weighted by molar-refractivity contribution is 0.120. The number of piperidine rings is 2. The van der Waals surface area contributed by atoms with E-state index in [1.165, 1.54) is 6.42 Å². The van der Waals surface area contributed by atoms with Gasteiger partial charge in [0.25, 0.3) is 0 Å². The van der Waals surface area contributed by atoms with Gasteiger partial charge in [-0.25, -0.2) is 4.79 Å². The number of likely N-dealkylation sites (tertiary alicyclic amines) is 2. The standard InChI is InChI=1S/C12H23N3O/c1-10-4-2-6-14(8-10)12(16)15-7-3-5-11(13)9-15/h10-11H,2-9,13H2,1H3/t10?,11-/m1/s1. The summed E-state index contributed by atoms with van der Waals surface area (Å²) in [5.41, 5.74) is 5.91. The van der Waals surface area contributed by atoms with Crippen LogP contribution in [0.2, 0.25) is 0 Å². The second kappa shape index (κ2) is 5.04. The van der Waals surface area contributed by atoms with Gasteiger partial charge in [-0.05, 0) is 31.6 Å². The lowest BCUT2D eigenvalue weighted by atomic mass is 10.0. The van der Waals surface area contributed by atoms with E-state index in [-0.39, 0.29) is 12.1 Å². The average molecular weight is 225 g/mol. The smallest absolute Gasteiger partial charge is 0.320 e. The van der Waals surface area contributed by atoms with E-state index < -0.39 is 0 Å². The summed E-state index contributed by atoms with van der Waals surface area (Å²) in [6.07, 6.45) is 4.51. The molecule has 0 radical (unpaired) electrons. The van der Waals surface area contributed by atoms with E-state index in [2.05, 4.69) is 6.92 Å². The number of hydrogen-bond acceptors (Lipinski definition) is 2. The topological polar surface area (TPSA) is 49.6 Å². The quantitative estimate of drug-likeness (QED) is 0.675. The molecule has 2 atom stereocenters. The number of amides is 2. The SMILES string of the molecule is CC1CCCN(C(=O)N2CCC[C@@H](N)C2)C1. The van der Waals surface area contributed by atoms with Crippen LogP contribution in [0, 0.1) is 5.92 Å². The average Bonchev–Trinajstić information content (AvgIpc) is 2.28. The van der Waals surface area contributed by atoms with Gasteiger partial charge in [-0.15, -0.1) is 0 Å². The van der Waals surface area contributed by atoms with Crippen molar-refractivity contribution in [2.45, 2.75) is 38.6 Å². The third-order valence-corrected chi connectivity index (χ3v) is 3.66. The molecule has 2 fully saturated rings. The summed E-state index contributed by atoms with van der Waals surface area (Å²) in [5, 5.41) is 0. The molecule has 0 spiro atoms. The Labute approximate surface area is 97.8 Å². The van der Waals surface area contributed by atoms with Gasteiger partial charge in [-0.2, -0.15) is 0 Å². The predicted molar refractivity (Wildman–Crippen MR) is 64.1 cm³/mol. The highest BCUT2D eigenvalue weighted by Gasteiger charge is 2.27. The fraction of sp³-hybridized carbons (Fsp3) is 0.917. The summed E-state index contributed by atoms with van der Waals surface area (Å²) in [6, 6.07) is 0.390. The first-order valence-electron chi connectivity index (χ1n) is 6.46. The van der Waals surface area contributed by atoms with E-state index in [1.807, 2.05) is 9.80 Å². The van der Waals surface area contributed by atoms with Crippen LogP contribution in [0.3, 0.4) is 0 Å². The van der Waals surface area contributed by atoms with Crippen LogP contribution >= 0.6 is 0 Å². The first-order chi connectivity index (χ1) is 7.66. The lowest BCUT2D eigenvalue weighted by Crippen LogP contribution is -2.52. The summed E-state index contributed by atoms with van der Waals surface area (Å²) in [6.45, 7) is 5.70. The number of nitrogens with zero attached hydrogens (tertiary/aromatic N) is 2. The van der Waals surface area contributed by atoms with Gasteiger partial charge in [-0.1, -0.05) is 6.92 Å². The van der Waals surface area contributed by atoms with Crippen molar-refractivity contribution in [2.75, 3.05) is 26.2 Å². The van der Waals surface area contributed by atoms with Crippen LogP contribution in [0.1, 0.15) is 32.6 Å². The molecule has 0 aromatic heterocycles. The molecule has 0 saturated carbocycles. The normalized spacial score (nSPS) is 31.6. The van der Waals surface area contributed by atoms with Gasteiger partial charge in [-0.3, -0.25) is 0 Å². The van der Waals surface area contributed by atoms with Crippen molar-refractivity contribution in [2.24, 2.45) is 11.7 Å². The number of rotatable bonds is 0. The Bertz CT molecular complexity index is 233. The minimum atomic E-state index is 0.180. The summed E-state index contributed by atoms with van der Waals surface area (Å²) >= 11 is 0. The van der Waals surface area contributed by atoms with E-state index in [4.69, 9.17) is 5.73 Å². The van der Waals surface area contributed by atoms with Crippen LogP contribution in [0.5, 0.6) is 0 Å². The minimum Gasteiger partial charge on any atom is -0.326 e. The molecule has 0 aliphatic carbocycles. The second-order valence-corrected chi connectivity index (χ2v) is 5.32. The Hall–Kier alpha value is -0.770. The van der Waals surface area contributed by atoms with Crippen molar-refractivity contribution < 1.29 is 4.79 Å². The molecular formula is C12H23N3O. The largest absolute Gasteiger partial charge is 0.326 e. The Balaban J connectivity index is 1.90. The third kappa shape index (κ3) is 2.67. The zero-order valence-electron chi connectivity index (χ0n) is 10.2. The maximum atomic E-state index is 12.2. The predicted octanol–water partition coefficient (Wildman–Crippen LogP) is 1.26. The molecule has 2 aliphatic rings. The van der Waals surface area contributed by atoms with Crippen LogP contribution < -0.4 is 5.73 Å². The molecule has 4 heteroatoms. The zero-order valence-corrected chi connectivity index (χ0v) is 10.2. The van der Waals surface area contributed by atoms with Crippen molar-refractivity contribution in [3.8, 4) is 0 Å². The Morgan fingerprint density at radius 2 is 1.75 bits per heavy atom. The van der Waals surface area contributed by atoms with Crippen LogP contribution in [-0.2, 0) is 0 Å². The van der Waals surface area contributed by atoms with Crippen molar-refractivity contribution in [1.82, 2.24) is 9.80 Å². The second-order valence-electron chi connectivity index (χ2n) is 5.32. The van der Waals surface area contributed by atoms with Gasteiger partial charge in [0.1, 0.15) is 0 Å². The molecule has 2 amide bonds. The summed E-state index contributed by atoms with van der Waals surface area (Å²) in [4.78, 5) is 16.2. The molecule has 2 heterocycles. The highest BCUT2D eigenvalue weighted by Crippen LogP contribution is 2.18. The molecule has 2 rings (SSSR count). The molecule has 0 aromatic carbocycles. The van der Waals surface area contributed by atoms with Crippen LogP contribution in [0.4, 0.5) is 4.79 Å². The van der Waals surface area contributed by atoms with Gasteiger partial charge >= 0.3 is 6.03 Å². The molecule has 0 bridgehead atoms. The van der Waals surface area contributed by atoms with E-state index in [0.717, 1.165) is 45.4 Å². The Morgan fingerprint density at radius 3 is 2.38 bits per heavy atom. The molecule has 2 aliphatic heterocycles.